The predicted octanol–water partition coefficient (Wildman–Crippen LogP) is 2.36. The molecular formula is C18H26N4. The van der Waals surface area contributed by atoms with Gasteiger partial charge in [0.2, 0.25) is 0 Å². The number of rotatable bonds is 5. The molecule has 4 nitrogen and oxygen atoms in total. The number of aryl methyl sites for hydroxylation is 2. The van der Waals surface area contributed by atoms with Crippen molar-refractivity contribution >= 4 is 0 Å². The van der Waals surface area contributed by atoms with Gasteiger partial charge in [-0.2, -0.15) is 0 Å². The monoisotopic (exact) mass is 298 g/mol. The summed E-state index contributed by atoms with van der Waals surface area (Å²) in [5.74, 6) is 1.03. The molecule has 0 atom stereocenters. The molecule has 4 heteroatoms. The lowest BCUT2D eigenvalue weighted by molar-refractivity contribution is 0.153. The van der Waals surface area contributed by atoms with Crippen LogP contribution >= 0.6 is 0 Å². The Hall–Kier alpha value is -1.65. The Morgan fingerprint density at radius 1 is 1.14 bits per heavy atom. The largest absolute Gasteiger partial charge is 0.306 e. The van der Waals surface area contributed by atoms with Gasteiger partial charge in [-0.1, -0.05) is 0 Å². The Bertz CT molecular complexity index is 597. The molecule has 0 spiro atoms. The molecule has 118 valence electrons. The second-order valence-corrected chi connectivity index (χ2v) is 6.31. The van der Waals surface area contributed by atoms with Crippen LogP contribution in [0.5, 0.6) is 0 Å². The molecule has 0 aromatic carbocycles. The Kier molecular flexibility index (Phi) is 4.90. The Morgan fingerprint density at radius 3 is 2.73 bits per heavy atom. The van der Waals surface area contributed by atoms with E-state index < -0.39 is 0 Å². The lowest BCUT2D eigenvalue weighted by Crippen LogP contribution is -2.44. The standard InChI is InChI=1S/C18H26N4/c1-16-7-8-19-18(15-16)22-10-4-6-17(22)5-3-9-21-13-11-20(2)12-14-21/h4,6-8,10,15H,3,5,9,11-14H2,1-2H3. The zero-order valence-electron chi connectivity index (χ0n) is 13.7. The lowest BCUT2D eigenvalue weighted by Gasteiger charge is -2.32. The summed E-state index contributed by atoms with van der Waals surface area (Å²) >= 11 is 0. The van der Waals surface area contributed by atoms with Crippen LogP contribution in [0.3, 0.4) is 0 Å². The summed E-state index contributed by atoms with van der Waals surface area (Å²) in [5.41, 5.74) is 2.61. The lowest BCUT2D eigenvalue weighted by atomic mass is 10.2. The second-order valence-electron chi connectivity index (χ2n) is 6.31. The van der Waals surface area contributed by atoms with E-state index in [-0.39, 0.29) is 0 Å². The molecule has 0 N–H and O–H groups in total. The average molecular weight is 298 g/mol. The molecule has 1 aliphatic rings. The van der Waals surface area contributed by atoms with Crippen LogP contribution in [-0.4, -0.2) is 59.1 Å². The quantitative estimate of drug-likeness (QED) is 0.847. The van der Waals surface area contributed by atoms with Gasteiger partial charge in [0.1, 0.15) is 5.82 Å². The van der Waals surface area contributed by atoms with E-state index in [9.17, 15) is 0 Å². The molecule has 3 rings (SSSR count). The molecule has 0 aliphatic carbocycles. The molecule has 0 radical (unpaired) electrons. The molecule has 3 heterocycles. The van der Waals surface area contributed by atoms with E-state index in [1.807, 2.05) is 12.3 Å². The van der Waals surface area contributed by atoms with Crippen molar-refractivity contribution < 1.29 is 0 Å². The van der Waals surface area contributed by atoms with Gasteiger partial charge in [-0.25, -0.2) is 4.98 Å². The maximum atomic E-state index is 4.50. The highest BCUT2D eigenvalue weighted by Crippen LogP contribution is 2.14. The Morgan fingerprint density at radius 2 is 1.95 bits per heavy atom. The molecule has 0 unspecified atom stereocenters. The van der Waals surface area contributed by atoms with E-state index in [0.717, 1.165) is 12.2 Å². The van der Waals surface area contributed by atoms with E-state index in [1.165, 1.54) is 50.4 Å². The van der Waals surface area contributed by atoms with Crippen LogP contribution in [-0.2, 0) is 6.42 Å². The van der Waals surface area contributed by atoms with Gasteiger partial charge in [-0.15, -0.1) is 0 Å². The van der Waals surface area contributed by atoms with Gasteiger partial charge in [0.25, 0.3) is 0 Å². The maximum absolute atomic E-state index is 4.50. The van der Waals surface area contributed by atoms with Crippen molar-refractivity contribution in [3.05, 3.63) is 47.9 Å². The van der Waals surface area contributed by atoms with Gasteiger partial charge in [0.15, 0.2) is 0 Å². The predicted molar refractivity (Wildman–Crippen MR) is 90.6 cm³/mol. The van der Waals surface area contributed by atoms with Crippen LogP contribution in [0, 0.1) is 6.92 Å². The number of aromatic nitrogens is 2. The van der Waals surface area contributed by atoms with Crippen LogP contribution in [0.2, 0.25) is 0 Å². The number of piperazine rings is 1. The minimum atomic E-state index is 1.03. The van der Waals surface area contributed by atoms with Crippen molar-refractivity contribution in [1.29, 1.82) is 0 Å². The summed E-state index contributed by atoms with van der Waals surface area (Å²) in [4.78, 5) is 9.49. The van der Waals surface area contributed by atoms with E-state index in [1.54, 1.807) is 0 Å². The summed E-state index contributed by atoms with van der Waals surface area (Å²) in [6, 6.07) is 8.52. The molecular weight excluding hydrogens is 272 g/mol. The van der Waals surface area contributed by atoms with Crippen LogP contribution in [0.25, 0.3) is 5.82 Å². The van der Waals surface area contributed by atoms with E-state index in [4.69, 9.17) is 0 Å². The minimum Gasteiger partial charge on any atom is -0.306 e. The highest BCUT2D eigenvalue weighted by atomic mass is 15.2. The van der Waals surface area contributed by atoms with Crippen LogP contribution in [0.15, 0.2) is 36.7 Å². The Balaban J connectivity index is 1.57. The zero-order valence-corrected chi connectivity index (χ0v) is 13.7. The van der Waals surface area contributed by atoms with Gasteiger partial charge < -0.3 is 14.4 Å². The van der Waals surface area contributed by atoms with Crippen molar-refractivity contribution in [3.63, 3.8) is 0 Å². The average Bonchev–Trinajstić information content (AvgIpc) is 2.98. The number of pyridine rings is 1. The summed E-state index contributed by atoms with van der Waals surface area (Å²) < 4.78 is 2.22. The van der Waals surface area contributed by atoms with Crippen molar-refractivity contribution in [1.82, 2.24) is 19.4 Å². The van der Waals surface area contributed by atoms with Crippen molar-refractivity contribution in [2.45, 2.75) is 19.8 Å². The first-order valence-electron chi connectivity index (χ1n) is 8.22. The summed E-state index contributed by atoms with van der Waals surface area (Å²) in [6.45, 7) is 8.11. The van der Waals surface area contributed by atoms with Gasteiger partial charge in [0, 0.05) is 44.3 Å². The topological polar surface area (TPSA) is 24.3 Å². The van der Waals surface area contributed by atoms with E-state index in [2.05, 4.69) is 57.7 Å². The second kappa shape index (κ2) is 7.07. The highest BCUT2D eigenvalue weighted by molar-refractivity contribution is 5.30. The first-order chi connectivity index (χ1) is 10.7. The maximum Gasteiger partial charge on any atom is 0.137 e. The number of likely N-dealkylation sites (N-methyl/N-ethyl adjacent to an activating group) is 1. The third kappa shape index (κ3) is 3.76. The normalized spacial score (nSPS) is 17.0. The van der Waals surface area contributed by atoms with Crippen LogP contribution in [0.4, 0.5) is 0 Å². The minimum absolute atomic E-state index is 1.03. The molecule has 2 aromatic heterocycles. The first kappa shape index (κ1) is 15.3. The van der Waals surface area contributed by atoms with Crippen LogP contribution in [0.1, 0.15) is 17.7 Å². The fourth-order valence-electron chi connectivity index (χ4n) is 3.05. The third-order valence-corrected chi connectivity index (χ3v) is 4.48. The molecule has 2 aromatic rings. The van der Waals surface area contributed by atoms with Gasteiger partial charge in [-0.05, 0) is 63.2 Å². The fourth-order valence-corrected chi connectivity index (χ4v) is 3.05. The van der Waals surface area contributed by atoms with Crippen LogP contribution < -0.4 is 0 Å². The van der Waals surface area contributed by atoms with Crippen molar-refractivity contribution in [2.75, 3.05) is 39.8 Å². The van der Waals surface area contributed by atoms with E-state index >= 15 is 0 Å². The molecule has 1 aliphatic heterocycles. The van der Waals surface area contributed by atoms with Crippen molar-refractivity contribution in [3.8, 4) is 5.82 Å². The number of hydrogen-bond donors (Lipinski definition) is 0. The summed E-state index contributed by atoms with van der Waals surface area (Å²) in [5, 5.41) is 0. The number of nitrogens with zero attached hydrogens (tertiary/aromatic N) is 4. The smallest absolute Gasteiger partial charge is 0.137 e. The number of hydrogen-bond acceptors (Lipinski definition) is 3. The van der Waals surface area contributed by atoms with Gasteiger partial charge in [-0.3, -0.25) is 0 Å². The molecule has 0 bridgehead atoms. The molecule has 0 amide bonds. The first-order valence-corrected chi connectivity index (χ1v) is 8.22. The summed E-state index contributed by atoms with van der Waals surface area (Å²) in [6.07, 6.45) is 6.32. The summed E-state index contributed by atoms with van der Waals surface area (Å²) in [7, 11) is 2.21. The van der Waals surface area contributed by atoms with Gasteiger partial charge >= 0.3 is 0 Å². The highest BCUT2D eigenvalue weighted by Gasteiger charge is 2.13. The Labute approximate surface area is 133 Å². The zero-order chi connectivity index (χ0) is 15.4. The van der Waals surface area contributed by atoms with Gasteiger partial charge in [0.05, 0.1) is 0 Å². The molecule has 1 fully saturated rings. The fraction of sp³-hybridized carbons (Fsp3) is 0.500. The van der Waals surface area contributed by atoms with E-state index in [0.29, 0.717) is 0 Å². The SMILES string of the molecule is Cc1ccnc(-n2cccc2CCCN2CCN(C)CC2)c1. The third-order valence-electron chi connectivity index (χ3n) is 4.48. The molecule has 22 heavy (non-hydrogen) atoms. The molecule has 0 saturated carbocycles. The van der Waals surface area contributed by atoms with Crippen molar-refractivity contribution in [2.24, 2.45) is 0 Å². The molecule has 1 saturated heterocycles.